The third-order valence-corrected chi connectivity index (χ3v) is 5.09. The van der Waals surface area contributed by atoms with Gasteiger partial charge in [-0.25, -0.2) is 4.39 Å². The zero-order chi connectivity index (χ0) is 13.8. The second-order valence-electron chi connectivity index (χ2n) is 4.20. The van der Waals surface area contributed by atoms with Crippen molar-refractivity contribution in [2.75, 3.05) is 6.54 Å². The summed E-state index contributed by atoms with van der Waals surface area (Å²) < 4.78 is 15.3. The molecule has 1 nitrogen and oxygen atoms in total. The minimum absolute atomic E-state index is 0.0406. The molecule has 0 spiro atoms. The van der Waals surface area contributed by atoms with Crippen LogP contribution in [0.1, 0.15) is 29.8 Å². The molecule has 102 valence electrons. The fourth-order valence-electron chi connectivity index (χ4n) is 1.85. The molecule has 1 unspecified atom stereocenters. The van der Waals surface area contributed by atoms with Crippen molar-refractivity contribution in [3.63, 3.8) is 0 Å². The second-order valence-corrected chi connectivity index (χ2v) is 7.55. The van der Waals surface area contributed by atoms with Gasteiger partial charge in [0.1, 0.15) is 5.82 Å². The first-order valence-electron chi connectivity index (χ1n) is 6.05. The van der Waals surface area contributed by atoms with E-state index in [-0.39, 0.29) is 11.9 Å². The van der Waals surface area contributed by atoms with Crippen LogP contribution in [0.15, 0.2) is 38.6 Å². The van der Waals surface area contributed by atoms with E-state index in [1.807, 2.05) is 12.1 Å². The Bertz CT molecular complexity index is 556. The summed E-state index contributed by atoms with van der Waals surface area (Å²) >= 11 is 8.34. The highest BCUT2D eigenvalue weighted by Gasteiger charge is 2.16. The molecule has 0 aliphatic heterocycles. The van der Waals surface area contributed by atoms with Gasteiger partial charge in [0.15, 0.2) is 0 Å². The summed E-state index contributed by atoms with van der Waals surface area (Å²) in [5.41, 5.74) is 0.948. The van der Waals surface area contributed by atoms with E-state index < -0.39 is 0 Å². The summed E-state index contributed by atoms with van der Waals surface area (Å²) in [5.74, 6) is -0.226. The van der Waals surface area contributed by atoms with Crippen molar-refractivity contribution in [1.82, 2.24) is 5.32 Å². The molecule has 2 aromatic rings. The van der Waals surface area contributed by atoms with E-state index in [2.05, 4.69) is 50.2 Å². The summed E-state index contributed by atoms with van der Waals surface area (Å²) in [6, 6.07) is 9.43. The molecule has 1 N–H and O–H groups in total. The Labute approximate surface area is 133 Å². The van der Waals surface area contributed by atoms with Crippen molar-refractivity contribution in [3.8, 4) is 0 Å². The number of hydrogen-bond acceptors (Lipinski definition) is 2. The topological polar surface area (TPSA) is 12.0 Å². The van der Waals surface area contributed by atoms with Gasteiger partial charge in [-0.15, -0.1) is 11.3 Å². The van der Waals surface area contributed by atoms with Gasteiger partial charge in [0.05, 0.1) is 14.3 Å². The highest BCUT2D eigenvalue weighted by Crippen LogP contribution is 2.32. The lowest BCUT2D eigenvalue weighted by molar-refractivity contribution is 0.588. The van der Waals surface area contributed by atoms with Gasteiger partial charge < -0.3 is 5.32 Å². The van der Waals surface area contributed by atoms with Gasteiger partial charge >= 0.3 is 0 Å². The van der Waals surface area contributed by atoms with Gasteiger partial charge in [0.25, 0.3) is 0 Å². The van der Waals surface area contributed by atoms with E-state index in [9.17, 15) is 4.39 Å². The molecular weight excluding hydrogens is 393 g/mol. The summed E-state index contributed by atoms with van der Waals surface area (Å²) in [7, 11) is 0. The number of rotatable bonds is 5. The predicted molar refractivity (Wildman–Crippen MR) is 86.3 cm³/mol. The maximum atomic E-state index is 13.7. The maximum absolute atomic E-state index is 13.7. The molecule has 0 aliphatic carbocycles. The number of thiophene rings is 1. The number of benzene rings is 1. The Kier molecular flexibility index (Phi) is 5.57. The third kappa shape index (κ3) is 3.88. The largest absolute Gasteiger partial charge is 0.306 e. The van der Waals surface area contributed by atoms with Gasteiger partial charge in [-0.05, 0) is 74.7 Å². The smallest absolute Gasteiger partial charge is 0.137 e. The van der Waals surface area contributed by atoms with Crippen LogP contribution in [0.5, 0.6) is 0 Å². The average Bonchev–Trinajstić information content (AvgIpc) is 2.80. The Morgan fingerprint density at radius 2 is 2.05 bits per heavy atom. The van der Waals surface area contributed by atoms with Crippen LogP contribution in [-0.4, -0.2) is 6.54 Å². The molecule has 1 aromatic carbocycles. The van der Waals surface area contributed by atoms with Crippen molar-refractivity contribution in [3.05, 3.63) is 54.8 Å². The lowest BCUT2D eigenvalue weighted by Crippen LogP contribution is -2.22. The summed E-state index contributed by atoms with van der Waals surface area (Å²) in [6.07, 6.45) is 1.04. The summed E-state index contributed by atoms with van der Waals surface area (Å²) in [4.78, 5) is 1.18. The molecule has 2 rings (SSSR count). The van der Waals surface area contributed by atoms with E-state index in [0.29, 0.717) is 4.47 Å². The van der Waals surface area contributed by atoms with Crippen LogP contribution in [0.3, 0.4) is 0 Å². The van der Waals surface area contributed by atoms with Crippen LogP contribution in [0.4, 0.5) is 4.39 Å². The number of nitrogens with one attached hydrogen (secondary N) is 1. The standard InChI is InChI=1S/C14H14Br2FNS/c1-2-7-18-14(12-5-6-13(16)19-12)9-3-4-10(15)11(17)8-9/h3-6,8,14,18H,2,7H2,1H3. The van der Waals surface area contributed by atoms with Crippen molar-refractivity contribution in [2.45, 2.75) is 19.4 Å². The molecule has 0 saturated carbocycles. The monoisotopic (exact) mass is 405 g/mol. The van der Waals surface area contributed by atoms with Gasteiger partial charge in [0, 0.05) is 4.88 Å². The number of hydrogen-bond donors (Lipinski definition) is 1. The van der Waals surface area contributed by atoms with Crippen LogP contribution in [-0.2, 0) is 0 Å². The zero-order valence-corrected chi connectivity index (χ0v) is 14.4. The average molecular weight is 407 g/mol. The molecule has 1 atom stereocenters. The fourth-order valence-corrected chi connectivity index (χ4v) is 3.62. The Balaban J connectivity index is 2.33. The molecule has 0 saturated heterocycles. The van der Waals surface area contributed by atoms with Crippen LogP contribution in [0.2, 0.25) is 0 Å². The van der Waals surface area contributed by atoms with Gasteiger partial charge in [0.2, 0.25) is 0 Å². The molecule has 0 amide bonds. The van der Waals surface area contributed by atoms with Crippen LogP contribution < -0.4 is 5.32 Å². The normalized spacial score (nSPS) is 12.6. The fraction of sp³-hybridized carbons (Fsp3) is 0.286. The van der Waals surface area contributed by atoms with E-state index in [1.165, 1.54) is 4.88 Å². The molecule has 1 heterocycles. The highest BCUT2D eigenvalue weighted by atomic mass is 79.9. The van der Waals surface area contributed by atoms with E-state index in [0.717, 1.165) is 22.3 Å². The molecule has 19 heavy (non-hydrogen) atoms. The molecular formula is C14H14Br2FNS. The molecule has 0 fully saturated rings. The third-order valence-electron chi connectivity index (χ3n) is 2.75. The zero-order valence-electron chi connectivity index (χ0n) is 10.4. The SMILES string of the molecule is CCCNC(c1ccc(Br)c(F)c1)c1ccc(Br)s1. The molecule has 0 aliphatic rings. The lowest BCUT2D eigenvalue weighted by Gasteiger charge is -2.18. The van der Waals surface area contributed by atoms with Crippen molar-refractivity contribution in [1.29, 1.82) is 0 Å². The first kappa shape index (κ1) is 15.2. The molecule has 0 bridgehead atoms. The quantitative estimate of drug-likeness (QED) is 0.690. The van der Waals surface area contributed by atoms with Gasteiger partial charge in [-0.1, -0.05) is 13.0 Å². The first-order chi connectivity index (χ1) is 9.11. The van der Waals surface area contributed by atoms with Gasteiger partial charge in [-0.3, -0.25) is 0 Å². The van der Waals surface area contributed by atoms with Gasteiger partial charge in [-0.2, -0.15) is 0 Å². The predicted octanol–water partition coefficient (Wildman–Crippen LogP) is 5.50. The lowest BCUT2D eigenvalue weighted by atomic mass is 10.1. The first-order valence-corrected chi connectivity index (χ1v) is 8.45. The Morgan fingerprint density at radius 3 is 2.63 bits per heavy atom. The Hall–Kier alpha value is -0.230. The van der Waals surface area contributed by atoms with Crippen molar-refractivity contribution in [2.24, 2.45) is 0 Å². The van der Waals surface area contributed by atoms with Crippen LogP contribution in [0.25, 0.3) is 0 Å². The van der Waals surface area contributed by atoms with Crippen molar-refractivity contribution < 1.29 is 4.39 Å². The minimum Gasteiger partial charge on any atom is -0.306 e. The second kappa shape index (κ2) is 6.97. The van der Waals surface area contributed by atoms with Crippen LogP contribution >= 0.6 is 43.2 Å². The van der Waals surface area contributed by atoms with E-state index >= 15 is 0 Å². The summed E-state index contributed by atoms with van der Waals surface area (Å²) in [5, 5.41) is 3.47. The van der Waals surface area contributed by atoms with Crippen LogP contribution in [0, 0.1) is 5.82 Å². The molecule has 1 aromatic heterocycles. The molecule has 0 radical (unpaired) electrons. The molecule has 5 heteroatoms. The Morgan fingerprint density at radius 1 is 1.26 bits per heavy atom. The van der Waals surface area contributed by atoms with E-state index in [4.69, 9.17) is 0 Å². The van der Waals surface area contributed by atoms with Crippen molar-refractivity contribution >= 4 is 43.2 Å². The minimum atomic E-state index is -0.226. The highest BCUT2D eigenvalue weighted by molar-refractivity contribution is 9.11. The maximum Gasteiger partial charge on any atom is 0.137 e. The summed E-state index contributed by atoms with van der Waals surface area (Å²) in [6.45, 7) is 3.02. The number of halogens is 3. The van der Waals surface area contributed by atoms with E-state index in [1.54, 1.807) is 23.5 Å².